The predicted octanol–water partition coefficient (Wildman–Crippen LogP) is -0.978. The first-order valence-corrected chi connectivity index (χ1v) is 4.35. The molecule has 8 heteroatoms. The molecule has 0 amide bonds. The largest absolute Gasteiger partial charge is 0.482 e. The molecule has 8 radical (unpaired) electrons. The van der Waals surface area contributed by atoms with E-state index in [-0.39, 0.29) is 5.82 Å². The van der Waals surface area contributed by atoms with Crippen molar-refractivity contribution >= 4 is 43.2 Å². The van der Waals surface area contributed by atoms with Gasteiger partial charge in [-0.3, -0.25) is 4.79 Å². The highest BCUT2D eigenvalue weighted by molar-refractivity contribution is 6.61. The monoisotopic (exact) mass is 206 g/mol. The lowest BCUT2D eigenvalue weighted by Crippen LogP contribution is -2.55. The third-order valence-corrected chi connectivity index (χ3v) is 2.04. The Kier molecular flexibility index (Phi) is 3.41. The first kappa shape index (κ1) is 12.7. The van der Waals surface area contributed by atoms with E-state index in [9.17, 15) is 4.79 Å². The van der Waals surface area contributed by atoms with E-state index in [4.69, 9.17) is 36.5 Å². The molecule has 0 bridgehead atoms. The van der Waals surface area contributed by atoms with Crippen LogP contribution in [0.3, 0.4) is 0 Å². The first-order chi connectivity index (χ1) is 7.27. The normalized spacial score (nSPS) is 12.0. The zero-order chi connectivity index (χ0) is 12.4. The second-order valence-corrected chi connectivity index (χ2v) is 3.38. The molecule has 2 N–H and O–H groups in total. The van der Waals surface area contributed by atoms with Crippen LogP contribution in [0.2, 0.25) is 5.21 Å². The van der Waals surface area contributed by atoms with Crippen LogP contribution in [0.4, 0.5) is 5.82 Å². The number of carboxylic acid groups (broad SMARTS) is 1. The van der Waals surface area contributed by atoms with Crippen LogP contribution >= 0.6 is 0 Å². The Morgan fingerprint density at radius 1 is 1.31 bits per heavy atom. The van der Waals surface area contributed by atoms with Gasteiger partial charge in [0.05, 0.1) is 31.4 Å². The number of nitrogens with zero attached hydrogens (tertiary/aromatic N) is 1. The van der Waals surface area contributed by atoms with Gasteiger partial charge in [0.25, 0.3) is 5.97 Å². The Morgan fingerprint density at radius 2 is 1.94 bits per heavy atom. The van der Waals surface area contributed by atoms with Crippen molar-refractivity contribution in [3.8, 4) is 0 Å². The minimum Gasteiger partial charge on any atom is -0.482 e. The van der Waals surface area contributed by atoms with Crippen LogP contribution in [0.1, 0.15) is 0 Å². The van der Waals surface area contributed by atoms with Gasteiger partial charge < -0.3 is 10.4 Å². The molecular formula is C8H6B4N2O2. The predicted molar refractivity (Wildman–Crippen MR) is 63.9 cm³/mol. The summed E-state index contributed by atoms with van der Waals surface area (Å²) < 4.78 is 0. The molecule has 1 heterocycles. The molecule has 0 aliphatic rings. The third kappa shape index (κ3) is 2.43. The summed E-state index contributed by atoms with van der Waals surface area (Å²) in [6, 6.07) is 4.89. The number of hydrogen-bond acceptors (Lipinski definition) is 3. The fourth-order valence-corrected chi connectivity index (χ4v) is 0.929. The van der Waals surface area contributed by atoms with Crippen LogP contribution in [0.25, 0.3) is 0 Å². The minimum absolute atomic E-state index is 0.272. The summed E-state index contributed by atoms with van der Waals surface area (Å²) in [4.78, 5) is 14.6. The van der Waals surface area contributed by atoms with Crippen molar-refractivity contribution < 1.29 is 9.90 Å². The zero-order valence-electron chi connectivity index (χ0n) is 8.42. The molecule has 0 atom stereocenters. The average molecular weight is 205 g/mol. The summed E-state index contributed by atoms with van der Waals surface area (Å²) in [5, 5.41) is 6.87. The molecule has 0 unspecified atom stereocenters. The fourth-order valence-electron chi connectivity index (χ4n) is 0.929. The Bertz CT molecular complexity index is 383. The summed E-state index contributed by atoms with van der Waals surface area (Å²) in [6.07, 6.45) is 1.48. The highest BCUT2D eigenvalue weighted by Crippen LogP contribution is 2.30. The lowest BCUT2D eigenvalue weighted by molar-refractivity contribution is -0.138. The zero-order valence-corrected chi connectivity index (χ0v) is 8.42. The average Bonchev–Trinajstić information content (AvgIpc) is 2.18. The van der Waals surface area contributed by atoms with Crippen LogP contribution in [0.15, 0.2) is 24.4 Å². The maximum absolute atomic E-state index is 10.8. The van der Waals surface area contributed by atoms with Crippen molar-refractivity contribution in [3.05, 3.63) is 24.4 Å². The molecule has 0 aromatic carbocycles. The number of anilines is 1. The van der Waals surface area contributed by atoms with Crippen molar-refractivity contribution in [3.63, 3.8) is 0 Å². The van der Waals surface area contributed by atoms with Gasteiger partial charge in [0.15, 0.2) is 0 Å². The molecule has 0 aliphatic heterocycles. The number of pyridine rings is 1. The molecule has 0 saturated carbocycles. The van der Waals surface area contributed by atoms with Crippen LogP contribution < -0.4 is 5.32 Å². The van der Waals surface area contributed by atoms with Gasteiger partial charge in [0.1, 0.15) is 5.82 Å². The molecule has 0 fully saturated rings. The van der Waals surface area contributed by atoms with Gasteiger partial charge in [0, 0.05) is 11.4 Å². The number of aromatic nitrogens is 1. The highest BCUT2D eigenvalue weighted by atomic mass is 16.4. The molecule has 1 rings (SSSR count). The van der Waals surface area contributed by atoms with Crippen molar-refractivity contribution in [2.45, 2.75) is 10.6 Å². The van der Waals surface area contributed by atoms with Crippen molar-refractivity contribution in [1.29, 1.82) is 0 Å². The topological polar surface area (TPSA) is 62.2 Å². The maximum Gasteiger partial charge on any atom is 0.292 e. The van der Waals surface area contributed by atoms with Crippen LogP contribution in [-0.2, 0) is 4.79 Å². The molecular weight excluding hydrogens is 199 g/mol. The van der Waals surface area contributed by atoms with Crippen molar-refractivity contribution in [1.82, 2.24) is 4.98 Å². The number of aliphatic carboxylic acids is 1. The summed E-state index contributed by atoms with van der Waals surface area (Å²) in [5.41, 5.74) is 0. The van der Waals surface area contributed by atoms with Gasteiger partial charge in [-0.2, -0.15) is 0 Å². The number of rotatable bonds is 4. The molecule has 16 heavy (non-hydrogen) atoms. The molecule has 0 aliphatic carbocycles. The molecule has 1 aromatic rings. The van der Waals surface area contributed by atoms with Gasteiger partial charge in [-0.1, -0.05) is 6.07 Å². The number of carbonyl (C=O) groups is 1. The number of nitrogens with one attached hydrogen (secondary N) is 1. The van der Waals surface area contributed by atoms with E-state index in [1.54, 1.807) is 18.2 Å². The van der Waals surface area contributed by atoms with Crippen molar-refractivity contribution in [2.75, 3.05) is 5.32 Å². The number of carboxylic acids is 1. The first-order valence-electron chi connectivity index (χ1n) is 4.35. The summed E-state index contributed by atoms with van der Waals surface area (Å²) >= 11 is 0. The lowest BCUT2D eigenvalue weighted by atomic mass is 9.33. The SMILES string of the molecule is [B]C([B])(Nc1ccccn1)C([B])([B])C(=O)O. The van der Waals surface area contributed by atoms with Crippen LogP contribution in [0, 0.1) is 0 Å². The molecule has 0 saturated heterocycles. The highest BCUT2D eigenvalue weighted by Gasteiger charge is 2.40. The summed E-state index contributed by atoms with van der Waals surface area (Å²) in [6.45, 7) is 0. The van der Waals surface area contributed by atoms with E-state index in [0.29, 0.717) is 0 Å². The van der Waals surface area contributed by atoms with Crippen molar-refractivity contribution in [2.24, 2.45) is 0 Å². The minimum atomic E-state index is -2.33. The third-order valence-electron chi connectivity index (χ3n) is 2.04. The van der Waals surface area contributed by atoms with Crippen LogP contribution in [-0.4, -0.2) is 52.8 Å². The van der Waals surface area contributed by atoms with Gasteiger partial charge in [-0.05, 0) is 17.5 Å². The quantitative estimate of drug-likeness (QED) is 0.621. The van der Waals surface area contributed by atoms with Crippen LogP contribution in [0.5, 0.6) is 0 Å². The Hall–Kier alpha value is -1.32. The Labute approximate surface area is 98.9 Å². The Morgan fingerprint density at radius 3 is 2.38 bits per heavy atom. The van der Waals surface area contributed by atoms with E-state index >= 15 is 0 Å². The smallest absolute Gasteiger partial charge is 0.292 e. The second kappa shape index (κ2) is 4.28. The van der Waals surface area contributed by atoms with E-state index in [2.05, 4.69) is 10.3 Å². The van der Waals surface area contributed by atoms with E-state index in [0.717, 1.165) is 0 Å². The van der Waals surface area contributed by atoms with Gasteiger partial charge in [-0.25, -0.2) is 4.98 Å². The molecule has 4 nitrogen and oxygen atoms in total. The molecule has 1 aromatic heterocycles. The second-order valence-electron chi connectivity index (χ2n) is 3.38. The van der Waals surface area contributed by atoms with E-state index in [1.165, 1.54) is 6.20 Å². The maximum atomic E-state index is 10.8. The van der Waals surface area contributed by atoms with E-state index in [1.807, 2.05) is 0 Å². The fraction of sp³-hybridized carbons (Fsp3) is 0.250. The standard InChI is InChI=1S/C8H6B4N2O2/c9-7(10,6(15)16)8(11,12)14-5-3-1-2-4-13-5/h1-4H,(H,13,14)(H,15,16). The van der Waals surface area contributed by atoms with Gasteiger partial charge >= 0.3 is 0 Å². The Balaban J connectivity index is 2.92. The van der Waals surface area contributed by atoms with Gasteiger partial charge in [-0.15, -0.1) is 0 Å². The summed E-state index contributed by atoms with van der Waals surface area (Å²) in [7, 11) is 21.7. The summed E-state index contributed by atoms with van der Waals surface area (Å²) in [5.74, 6) is -1.25. The lowest BCUT2D eigenvalue weighted by Gasteiger charge is -2.41. The molecule has 0 spiro atoms. The van der Waals surface area contributed by atoms with E-state index < -0.39 is 16.5 Å². The van der Waals surface area contributed by atoms with Gasteiger partial charge in [0.2, 0.25) is 0 Å². The molecule has 72 valence electrons. The number of hydrogen-bond donors (Lipinski definition) is 2.